The number of allylic oxidation sites excluding steroid dienone is 4. The molecule has 0 fully saturated rings. The predicted octanol–water partition coefficient (Wildman–Crippen LogP) is 17.3. The zero-order valence-electron chi connectivity index (χ0n) is 52.8. The van der Waals surface area contributed by atoms with Gasteiger partial charge in [-0.05, 0) is 57.3 Å². The van der Waals surface area contributed by atoms with Crippen LogP contribution in [0.3, 0.4) is 0 Å². The summed E-state index contributed by atoms with van der Waals surface area (Å²) in [6, 6.07) is 0. The lowest BCUT2D eigenvalue weighted by Gasteiger charge is -2.21. The van der Waals surface area contributed by atoms with E-state index in [4.69, 9.17) is 37.0 Å². The van der Waals surface area contributed by atoms with Gasteiger partial charge in [0.25, 0.3) is 0 Å². The summed E-state index contributed by atoms with van der Waals surface area (Å²) in [7, 11) is -9.88. The molecule has 0 rings (SSSR count). The topological polar surface area (TPSA) is 237 Å². The summed E-state index contributed by atoms with van der Waals surface area (Å²) in [6.45, 7) is 6.99. The van der Waals surface area contributed by atoms with E-state index in [-0.39, 0.29) is 25.7 Å². The molecule has 0 spiro atoms. The molecule has 0 aromatic rings. The van der Waals surface area contributed by atoms with E-state index in [9.17, 15) is 43.2 Å². The van der Waals surface area contributed by atoms with Crippen LogP contribution in [0, 0.1) is 5.92 Å². The van der Waals surface area contributed by atoms with Crippen LogP contribution in [0.1, 0.15) is 298 Å². The Labute approximate surface area is 503 Å². The Morgan fingerprint density at radius 2 is 0.675 bits per heavy atom. The third-order valence-corrected chi connectivity index (χ3v) is 16.4. The maximum absolute atomic E-state index is 13.0. The number of rotatable bonds is 62. The van der Waals surface area contributed by atoms with Gasteiger partial charge in [0.05, 0.1) is 26.4 Å². The molecule has 0 aliphatic rings. The third-order valence-electron chi connectivity index (χ3n) is 14.5. The molecular formula is C64H120O17P2. The van der Waals surface area contributed by atoms with Crippen molar-refractivity contribution in [2.24, 2.45) is 5.92 Å². The summed E-state index contributed by atoms with van der Waals surface area (Å²) in [4.78, 5) is 71.7. The second-order valence-electron chi connectivity index (χ2n) is 22.7. The van der Waals surface area contributed by atoms with E-state index < -0.39 is 97.5 Å². The molecule has 0 aromatic carbocycles. The van der Waals surface area contributed by atoms with Gasteiger partial charge in [0.2, 0.25) is 0 Å². The van der Waals surface area contributed by atoms with Crippen molar-refractivity contribution in [3.05, 3.63) is 24.3 Å². The molecule has 3 unspecified atom stereocenters. The van der Waals surface area contributed by atoms with Crippen molar-refractivity contribution in [3.8, 4) is 0 Å². The van der Waals surface area contributed by atoms with Crippen LogP contribution in [0.4, 0.5) is 0 Å². The van der Waals surface area contributed by atoms with Crippen LogP contribution < -0.4 is 0 Å². The van der Waals surface area contributed by atoms with Crippen LogP contribution in [0.25, 0.3) is 0 Å². The van der Waals surface area contributed by atoms with Crippen molar-refractivity contribution < 1.29 is 80.2 Å². The number of hydrogen-bond donors (Lipinski definition) is 3. The predicted molar refractivity (Wildman–Crippen MR) is 331 cm³/mol. The van der Waals surface area contributed by atoms with Gasteiger partial charge in [-0.1, -0.05) is 245 Å². The molecule has 3 N–H and O–H groups in total. The van der Waals surface area contributed by atoms with Crippen molar-refractivity contribution in [1.29, 1.82) is 0 Å². The molecule has 0 aromatic heterocycles. The van der Waals surface area contributed by atoms with Crippen LogP contribution in [0.15, 0.2) is 24.3 Å². The van der Waals surface area contributed by atoms with Crippen LogP contribution in [-0.2, 0) is 65.4 Å². The Hall–Kier alpha value is -2.46. The van der Waals surface area contributed by atoms with Crippen LogP contribution >= 0.6 is 15.6 Å². The standard InChI is InChI=1S/C64H120O17P2/c1-6-10-13-16-17-18-19-20-21-25-28-31-34-39-43-48-62(67)75-54-60(81-64(69)50-45-40-35-32-29-26-23-22-24-27-30-33-38-41-46-57(5)9-4)56-79-83(72,73)77-52-58(65)51-76-82(70,71)78-55-59(80-63(68)49-44-37-15-12-8-3)53-74-61(66)47-42-36-14-11-7-2/h18-21,57-60,65H,6-17,22-56H2,1-5H3,(H,70,71)(H,72,73)/b19-18-,21-20-/t57?,58-,59+,60+/m0/s1. The normalized spacial score (nSPS) is 14.7. The molecule has 6 atom stereocenters. The molecule has 0 radical (unpaired) electrons. The Morgan fingerprint density at radius 1 is 0.386 bits per heavy atom. The molecule has 0 bridgehead atoms. The molecule has 0 aliphatic carbocycles. The van der Waals surface area contributed by atoms with Gasteiger partial charge in [0.15, 0.2) is 12.2 Å². The van der Waals surface area contributed by atoms with Gasteiger partial charge in [-0.3, -0.25) is 37.3 Å². The van der Waals surface area contributed by atoms with E-state index in [1.54, 1.807) is 0 Å². The summed E-state index contributed by atoms with van der Waals surface area (Å²) in [5.74, 6) is -1.34. The highest BCUT2D eigenvalue weighted by Crippen LogP contribution is 2.45. The van der Waals surface area contributed by atoms with Gasteiger partial charge in [-0.2, -0.15) is 0 Å². The molecule has 19 heteroatoms. The van der Waals surface area contributed by atoms with Gasteiger partial charge in [0.1, 0.15) is 19.3 Å². The Bertz CT molecular complexity index is 1710. The summed E-state index contributed by atoms with van der Waals surface area (Å²) < 4.78 is 67.5. The Balaban J connectivity index is 5.14. The number of carbonyl (C=O) groups excluding carboxylic acids is 4. The van der Waals surface area contributed by atoms with Crippen LogP contribution in [0.2, 0.25) is 0 Å². The fourth-order valence-electron chi connectivity index (χ4n) is 9.01. The monoisotopic (exact) mass is 1220 g/mol. The Kier molecular flexibility index (Phi) is 55.6. The molecular weight excluding hydrogens is 1100 g/mol. The number of hydrogen-bond acceptors (Lipinski definition) is 15. The highest BCUT2D eigenvalue weighted by atomic mass is 31.2. The second-order valence-corrected chi connectivity index (χ2v) is 25.6. The second kappa shape index (κ2) is 57.3. The van der Waals surface area contributed by atoms with Crippen LogP contribution in [0.5, 0.6) is 0 Å². The molecule has 83 heavy (non-hydrogen) atoms. The molecule has 0 saturated carbocycles. The Morgan fingerprint density at radius 3 is 1.02 bits per heavy atom. The maximum atomic E-state index is 13.0. The van der Waals surface area contributed by atoms with E-state index >= 15 is 0 Å². The minimum atomic E-state index is -4.95. The number of phosphoric acid groups is 2. The van der Waals surface area contributed by atoms with E-state index in [1.807, 2.05) is 0 Å². The fraction of sp³-hybridized carbons (Fsp3) is 0.875. The van der Waals surface area contributed by atoms with Crippen molar-refractivity contribution in [3.63, 3.8) is 0 Å². The first kappa shape index (κ1) is 80.5. The molecule has 488 valence electrons. The molecule has 0 heterocycles. The summed E-state index contributed by atoms with van der Waals surface area (Å²) in [6.07, 6.45) is 44.7. The zero-order chi connectivity index (χ0) is 61.3. The number of unbranched alkanes of at least 4 members (excludes halogenated alkanes) is 30. The molecule has 0 aliphatic heterocycles. The minimum Gasteiger partial charge on any atom is -0.462 e. The lowest BCUT2D eigenvalue weighted by atomic mass is 9.99. The average molecular weight is 1220 g/mol. The first-order valence-electron chi connectivity index (χ1n) is 33.0. The van der Waals surface area contributed by atoms with Crippen molar-refractivity contribution in [2.75, 3.05) is 39.6 Å². The first-order chi connectivity index (χ1) is 40.1. The number of esters is 4. The van der Waals surface area contributed by atoms with Gasteiger partial charge < -0.3 is 33.8 Å². The highest BCUT2D eigenvalue weighted by Gasteiger charge is 2.30. The molecule has 0 saturated heterocycles. The minimum absolute atomic E-state index is 0.0965. The summed E-state index contributed by atoms with van der Waals surface area (Å²) >= 11 is 0. The van der Waals surface area contributed by atoms with E-state index in [0.717, 1.165) is 121 Å². The van der Waals surface area contributed by atoms with Crippen molar-refractivity contribution >= 4 is 39.5 Å². The lowest BCUT2D eigenvalue weighted by Crippen LogP contribution is -2.30. The smallest absolute Gasteiger partial charge is 0.462 e. The summed E-state index contributed by atoms with van der Waals surface area (Å²) in [5.41, 5.74) is 0. The average Bonchev–Trinajstić information content (AvgIpc) is 3.46. The quantitative estimate of drug-likeness (QED) is 0.0169. The van der Waals surface area contributed by atoms with Gasteiger partial charge in [-0.25, -0.2) is 9.13 Å². The molecule has 17 nitrogen and oxygen atoms in total. The SMILES string of the molecule is CCCCCC/C=C\C=C/CCCCCCCC(=O)OC[C@H](COP(=O)(O)OC[C@@H](O)COP(=O)(O)OC[C@@H](COC(=O)CCCCCCC)OC(=O)CCCCCCC)OC(=O)CCCCCCCCCCCCCCCCC(C)CC. The van der Waals surface area contributed by atoms with Gasteiger partial charge in [-0.15, -0.1) is 0 Å². The molecule has 0 amide bonds. The largest absolute Gasteiger partial charge is 0.472 e. The first-order valence-corrected chi connectivity index (χ1v) is 36.0. The van der Waals surface area contributed by atoms with Gasteiger partial charge in [0, 0.05) is 25.7 Å². The number of phosphoric ester groups is 2. The van der Waals surface area contributed by atoms with Crippen molar-refractivity contribution in [2.45, 2.75) is 316 Å². The third kappa shape index (κ3) is 57.1. The van der Waals surface area contributed by atoms with Crippen molar-refractivity contribution in [1.82, 2.24) is 0 Å². The van der Waals surface area contributed by atoms with Crippen LogP contribution in [-0.4, -0.2) is 96.7 Å². The fourth-order valence-corrected chi connectivity index (χ4v) is 10.6. The van der Waals surface area contributed by atoms with E-state index in [0.29, 0.717) is 25.7 Å². The zero-order valence-corrected chi connectivity index (χ0v) is 54.6. The maximum Gasteiger partial charge on any atom is 0.472 e. The summed E-state index contributed by atoms with van der Waals surface area (Å²) in [5, 5.41) is 10.5. The number of aliphatic hydroxyl groups excluding tert-OH is 1. The highest BCUT2D eigenvalue weighted by molar-refractivity contribution is 7.47. The lowest BCUT2D eigenvalue weighted by molar-refractivity contribution is -0.161. The number of ether oxygens (including phenoxy) is 4. The number of aliphatic hydroxyl groups is 1. The number of carbonyl (C=O) groups is 4. The van der Waals surface area contributed by atoms with Gasteiger partial charge >= 0.3 is 39.5 Å². The van der Waals surface area contributed by atoms with E-state index in [1.165, 1.54) is 96.3 Å². The van der Waals surface area contributed by atoms with E-state index in [2.05, 4.69) is 58.9 Å².